The van der Waals surface area contributed by atoms with Crippen LogP contribution in [0.25, 0.3) is 0 Å². The molecule has 0 aromatic heterocycles. The fraction of sp³-hybridized carbons (Fsp3) is 0.500. The first-order valence-corrected chi connectivity index (χ1v) is 8.19. The van der Waals surface area contributed by atoms with Gasteiger partial charge in [0.05, 0.1) is 5.69 Å². The van der Waals surface area contributed by atoms with E-state index < -0.39 is 16.2 Å². The zero-order valence-electron chi connectivity index (χ0n) is 12.6. The highest BCUT2D eigenvalue weighted by molar-refractivity contribution is 7.90. The molecule has 0 amide bonds. The number of benzene rings is 1. The fourth-order valence-corrected chi connectivity index (χ4v) is 3.36. The van der Waals surface area contributed by atoms with Gasteiger partial charge < -0.3 is 5.11 Å². The van der Waals surface area contributed by atoms with E-state index in [1.807, 2.05) is 0 Å². The van der Waals surface area contributed by atoms with Crippen molar-refractivity contribution in [3.8, 4) is 0 Å². The molecule has 6 nitrogen and oxygen atoms in total. The van der Waals surface area contributed by atoms with Crippen LogP contribution < -0.4 is 4.31 Å². The highest BCUT2D eigenvalue weighted by Gasteiger charge is 2.28. The molecule has 0 fully saturated rings. The molecule has 1 aromatic rings. The van der Waals surface area contributed by atoms with Gasteiger partial charge in [0, 0.05) is 26.1 Å². The molecule has 0 radical (unpaired) electrons. The summed E-state index contributed by atoms with van der Waals surface area (Å²) in [7, 11) is -2.16. The van der Waals surface area contributed by atoms with Gasteiger partial charge in [-0.2, -0.15) is 12.7 Å². The van der Waals surface area contributed by atoms with Crippen molar-refractivity contribution in [2.24, 2.45) is 0 Å². The third-order valence-electron chi connectivity index (χ3n) is 3.17. The van der Waals surface area contributed by atoms with Crippen molar-refractivity contribution < 1.29 is 18.3 Å². The molecule has 0 atom stereocenters. The third-order valence-corrected chi connectivity index (χ3v) is 5.27. The van der Waals surface area contributed by atoms with Crippen molar-refractivity contribution in [1.82, 2.24) is 4.31 Å². The minimum atomic E-state index is -3.68. The number of hydrogen-bond acceptors (Lipinski definition) is 3. The minimum Gasteiger partial charge on any atom is -0.481 e. The Morgan fingerprint density at radius 1 is 1.24 bits per heavy atom. The number of hydrogen-bond donors (Lipinski definition) is 1. The zero-order chi connectivity index (χ0) is 16.0. The predicted molar refractivity (Wildman–Crippen MR) is 82.5 cm³/mol. The van der Waals surface area contributed by atoms with E-state index in [2.05, 4.69) is 0 Å². The first-order valence-electron chi connectivity index (χ1n) is 6.79. The van der Waals surface area contributed by atoms with Crippen molar-refractivity contribution in [2.45, 2.75) is 32.7 Å². The van der Waals surface area contributed by atoms with Gasteiger partial charge >= 0.3 is 16.2 Å². The Morgan fingerprint density at radius 3 is 2.29 bits per heavy atom. The molecular weight excluding hydrogens is 292 g/mol. The van der Waals surface area contributed by atoms with E-state index in [-0.39, 0.29) is 25.4 Å². The van der Waals surface area contributed by atoms with Gasteiger partial charge in [-0.1, -0.05) is 18.2 Å². The first kappa shape index (κ1) is 17.5. The Kier molecular flexibility index (Phi) is 6.17. The number of rotatable bonds is 8. The third kappa shape index (κ3) is 4.71. The smallest absolute Gasteiger partial charge is 0.304 e. The van der Waals surface area contributed by atoms with Crippen LogP contribution in [-0.4, -0.2) is 43.4 Å². The summed E-state index contributed by atoms with van der Waals surface area (Å²) < 4.78 is 27.8. The summed E-state index contributed by atoms with van der Waals surface area (Å²) in [6, 6.07) is 8.53. The molecule has 0 aliphatic carbocycles. The fourth-order valence-electron chi connectivity index (χ4n) is 1.77. The quantitative estimate of drug-likeness (QED) is 0.795. The minimum absolute atomic E-state index is 0.0652. The molecule has 0 unspecified atom stereocenters. The lowest BCUT2D eigenvalue weighted by atomic mass is 10.3. The number of aliphatic carboxylic acids is 1. The maximum Gasteiger partial charge on any atom is 0.304 e. The highest BCUT2D eigenvalue weighted by Crippen LogP contribution is 2.21. The molecule has 0 saturated heterocycles. The molecule has 0 aliphatic heterocycles. The van der Waals surface area contributed by atoms with E-state index in [9.17, 15) is 13.2 Å². The molecule has 0 spiro atoms. The van der Waals surface area contributed by atoms with Crippen LogP contribution in [0.4, 0.5) is 5.69 Å². The van der Waals surface area contributed by atoms with Gasteiger partial charge in [0.1, 0.15) is 0 Å². The average molecular weight is 314 g/mol. The summed E-state index contributed by atoms with van der Waals surface area (Å²) in [5, 5.41) is 8.72. The molecule has 1 N–H and O–H groups in total. The molecule has 21 heavy (non-hydrogen) atoms. The molecule has 0 heterocycles. The van der Waals surface area contributed by atoms with E-state index in [4.69, 9.17) is 5.11 Å². The molecule has 118 valence electrons. The largest absolute Gasteiger partial charge is 0.481 e. The van der Waals surface area contributed by atoms with E-state index in [0.717, 1.165) is 0 Å². The first-order chi connectivity index (χ1) is 9.76. The lowest BCUT2D eigenvalue weighted by molar-refractivity contribution is -0.137. The van der Waals surface area contributed by atoms with Gasteiger partial charge in [-0.25, -0.2) is 0 Å². The van der Waals surface area contributed by atoms with E-state index >= 15 is 0 Å². The van der Waals surface area contributed by atoms with Crippen LogP contribution in [0.3, 0.4) is 0 Å². The second kappa shape index (κ2) is 7.42. The van der Waals surface area contributed by atoms with Gasteiger partial charge in [0.2, 0.25) is 0 Å². The predicted octanol–water partition coefficient (Wildman–Crippen LogP) is 1.94. The van der Waals surface area contributed by atoms with Gasteiger partial charge in [-0.3, -0.25) is 9.10 Å². The van der Waals surface area contributed by atoms with Gasteiger partial charge in [0.25, 0.3) is 0 Å². The molecule has 1 rings (SSSR count). The van der Waals surface area contributed by atoms with Crippen molar-refractivity contribution >= 4 is 21.9 Å². The number of carboxylic acids is 1. The maximum atomic E-state index is 12.7. The number of nitrogens with zero attached hydrogens (tertiary/aromatic N) is 2. The summed E-state index contributed by atoms with van der Waals surface area (Å²) in [5.41, 5.74) is 0.537. The standard InChI is InChI=1S/C14H22N2O4S/c1-12(2)15(3)21(19,20)16(11-7-10-14(17)18)13-8-5-4-6-9-13/h4-6,8-9,12H,7,10-11H2,1-3H3,(H,17,18). The van der Waals surface area contributed by atoms with E-state index in [1.165, 1.54) is 15.7 Å². The molecule has 0 aliphatic rings. The van der Waals surface area contributed by atoms with Gasteiger partial charge in [-0.05, 0) is 32.4 Å². The van der Waals surface area contributed by atoms with Crippen LogP contribution in [-0.2, 0) is 15.0 Å². The molecule has 7 heteroatoms. The Morgan fingerprint density at radius 2 is 1.81 bits per heavy atom. The summed E-state index contributed by atoms with van der Waals surface area (Å²) in [5.74, 6) is -0.933. The molecular formula is C14H22N2O4S. The summed E-state index contributed by atoms with van der Waals surface area (Å²) >= 11 is 0. The Bertz CT molecular complexity index is 558. The van der Waals surface area contributed by atoms with Crippen LogP contribution in [0, 0.1) is 0 Å². The Balaban J connectivity index is 3.05. The van der Waals surface area contributed by atoms with Crippen LogP contribution in [0.2, 0.25) is 0 Å². The Labute approximate surface area is 126 Å². The summed E-state index contributed by atoms with van der Waals surface area (Å²) in [6.07, 6.45) is 0.194. The number of para-hydroxylation sites is 1. The van der Waals surface area contributed by atoms with Crippen molar-refractivity contribution in [3.05, 3.63) is 30.3 Å². The van der Waals surface area contributed by atoms with Crippen LogP contribution in [0.5, 0.6) is 0 Å². The van der Waals surface area contributed by atoms with Crippen molar-refractivity contribution in [3.63, 3.8) is 0 Å². The molecule has 0 bridgehead atoms. The van der Waals surface area contributed by atoms with Crippen molar-refractivity contribution in [2.75, 3.05) is 17.9 Å². The molecule has 1 aromatic carbocycles. The second-order valence-corrected chi connectivity index (χ2v) is 6.94. The van der Waals surface area contributed by atoms with Gasteiger partial charge in [-0.15, -0.1) is 0 Å². The van der Waals surface area contributed by atoms with Crippen molar-refractivity contribution in [1.29, 1.82) is 0 Å². The normalized spacial score (nSPS) is 11.9. The summed E-state index contributed by atoms with van der Waals surface area (Å²) in [6.45, 7) is 3.71. The monoisotopic (exact) mass is 314 g/mol. The molecule has 0 saturated carbocycles. The van der Waals surface area contributed by atoms with Gasteiger partial charge in [0.15, 0.2) is 0 Å². The second-order valence-electron chi connectivity index (χ2n) is 5.02. The highest BCUT2D eigenvalue weighted by atomic mass is 32.2. The number of carbonyl (C=O) groups is 1. The lowest BCUT2D eigenvalue weighted by Gasteiger charge is -2.31. The van der Waals surface area contributed by atoms with Crippen LogP contribution in [0.1, 0.15) is 26.7 Å². The van der Waals surface area contributed by atoms with Crippen LogP contribution in [0.15, 0.2) is 30.3 Å². The van der Waals surface area contributed by atoms with Crippen LogP contribution >= 0.6 is 0 Å². The lowest BCUT2D eigenvalue weighted by Crippen LogP contribution is -2.45. The van der Waals surface area contributed by atoms with E-state index in [1.54, 1.807) is 44.2 Å². The topological polar surface area (TPSA) is 77.9 Å². The number of anilines is 1. The SMILES string of the molecule is CC(C)N(C)S(=O)(=O)N(CCCC(=O)O)c1ccccc1. The Hall–Kier alpha value is -1.60. The zero-order valence-corrected chi connectivity index (χ0v) is 13.4. The van der Waals surface area contributed by atoms with E-state index in [0.29, 0.717) is 5.69 Å². The number of carboxylic acid groups (broad SMARTS) is 1. The average Bonchev–Trinajstić information content (AvgIpc) is 2.43. The summed E-state index contributed by atoms with van der Waals surface area (Å²) in [4.78, 5) is 10.6. The maximum absolute atomic E-state index is 12.7.